The molecule has 164 valence electrons. The van der Waals surface area contributed by atoms with E-state index in [1.807, 2.05) is 55.5 Å². The standard InChI is InChI=1S/C26H20ClN3O2S/c1-17-10-12-18(13-11-17)14-23-25(32)30(21-8-3-2-4-9-21)26(33-23)22(16-28)24(31)29-20-7-5-6-19(27)15-20/h2-13,15,23H,14H2,1H3,(H,29,31)/b26-22-. The Morgan fingerprint density at radius 1 is 1.09 bits per heavy atom. The first-order chi connectivity index (χ1) is 16.0. The average Bonchev–Trinajstić information content (AvgIpc) is 3.12. The molecule has 2 amide bonds. The average molecular weight is 474 g/mol. The van der Waals surface area contributed by atoms with E-state index in [1.165, 1.54) is 16.7 Å². The molecule has 1 fully saturated rings. The van der Waals surface area contributed by atoms with E-state index in [9.17, 15) is 14.9 Å². The Kier molecular flexibility index (Phi) is 6.83. The van der Waals surface area contributed by atoms with Crippen LogP contribution >= 0.6 is 23.4 Å². The molecule has 3 aromatic rings. The van der Waals surface area contributed by atoms with Gasteiger partial charge in [0.1, 0.15) is 16.7 Å². The van der Waals surface area contributed by atoms with Crippen LogP contribution in [0, 0.1) is 18.3 Å². The molecule has 1 heterocycles. The highest BCUT2D eigenvalue weighted by Crippen LogP contribution is 2.42. The van der Waals surface area contributed by atoms with Crippen molar-refractivity contribution in [3.05, 3.63) is 106 Å². The Labute approximate surface area is 201 Å². The van der Waals surface area contributed by atoms with E-state index in [2.05, 4.69) is 5.32 Å². The van der Waals surface area contributed by atoms with Crippen LogP contribution in [0.25, 0.3) is 0 Å². The highest BCUT2D eigenvalue weighted by molar-refractivity contribution is 8.05. The summed E-state index contributed by atoms with van der Waals surface area (Å²) >= 11 is 7.25. The zero-order valence-corrected chi connectivity index (χ0v) is 19.4. The highest BCUT2D eigenvalue weighted by atomic mass is 35.5. The van der Waals surface area contributed by atoms with Gasteiger partial charge in [0.25, 0.3) is 5.91 Å². The van der Waals surface area contributed by atoms with Crippen molar-refractivity contribution in [3.63, 3.8) is 0 Å². The molecule has 1 aliphatic rings. The number of carbonyl (C=O) groups excluding carboxylic acids is 2. The van der Waals surface area contributed by atoms with Gasteiger partial charge in [-0.3, -0.25) is 14.5 Å². The van der Waals surface area contributed by atoms with Crippen LogP contribution in [0.15, 0.2) is 89.5 Å². The minimum absolute atomic E-state index is 0.122. The predicted molar refractivity (Wildman–Crippen MR) is 133 cm³/mol. The molecule has 0 aliphatic carbocycles. The Hall–Kier alpha value is -3.53. The summed E-state index contributed by atoms with van der Waals surface area (Å²) in [6, 6.07) is 25.8. The monoisotopic (exact) mass is 473 g/mol. The Bertz CT molecular complexity index is 1270. The van der Waals surface area contributed by atoms with E-state index in [0.29, 0.717) is 27.8 Å². The number of halogens is 1. The molecular formula is C26H20ClN3O2S. The molecule has 3 aromatic carbocycles. The van der Waals surface area contributed by atoms with Gasteiger partial charge in [-0.05, 0) is 49.2 Å². The number of nitrogens with one attached hydrogen (secondary N) is 1. The van der Waals surface area contributed by atoms with E-state index in [0.717, 1.165) is 11.1 Å². The van der Waals surface area contributed by atoms with E-state index >= 15 is 0 Å². The number of nitrogens with zero attached hydrogens (tertiary/aromatic N) is 2. The summed E-state index contributed by atoms with van der Waals surface area (Å²) < 4.78 is 0. The van der Waals surface area contributed by atoms with Crippen LogP contribution in [0.3, 0.4) is 0 Å². The summed E-state index contributed by atoms with van der Waals surface area (Å²) in [4.78, 5) is 28.0. The highest BCUT2D eigenvalue weighted by Gasteiger charge is 2.40. The fourth-order valence-electron chi connectivity index (χ4n) is 3.50. The van der Waals surface area contributed by atoms with E-state index < -0.39 is 11.2 Å². The molecular weight excluding hydrogens is 454 g/mol. The summed E-state index contributed by atoms with van der Waals surface area (Å²) in [6.45, 7) is 2.01. The number of aryl methyl sites for hydroxylation is 1. The number of rotatable bonds is 5. The number of anilines is 2. The number of carbonyl (C=O) groups is 2. The van der Waals surface area contributed by atoms with Crippen molar-refractivity contribution in [2.45, 2.75) is 18.6 Å². The van der Waals surface area contributed by atoms with Crippen molar-refractivity contribution < 1.29 is 9.59 Å². The van der Waals surface area contributed by atoms with E-state index in [4.69, 9.17) is 11.6 Å². The van der Waals surface area contributed by atoms with Crippen LogP contribution in [-0.4, -0.2) is 17.1 Å². The summed E-state index contributed by atoms with van der Waals surface area (Å²) in [7, 11) is 0. The third kappa shape index (κ3) is 5.11. The molecule has 0 aromatic heterocycles. The van der Waals surface area contributed by atoms with Gasteiger partial charge in [0.15, 0.2) is 0 Å². The molecule has 1 atom stereocenters. The van der Waals surface area contributed by atoms with Gasteiger partial charge >= 0.3 is 0 Å². The van der Waals surface area contributed by atoms with Crippen LogP contribution in [0.5, 0.6) is 0 Å². The first-order valence-electron chi connectivity index (χ1n) is 10.3. The number of para-hydroxylation sites is 1. The topological polar surface area (TPSA) is 73.2 Å². The molecule has 1 N–H and O–H groups in total. The lowest BCUT2D eigenvalue weighted by Gasteiger charge is -2.18. The van der Waals surface area contributed by atoms with Crippen LogP contribution in [0.1, 0.15) is 11.1 Å². The normalized spacial score (nSPS) is 16.9. The molecule has 1 aliphatic heterocycles. The molecule has 1 unspecified atom stereocenters. The molecule has 1 saturated heterocycles. The number of amides is 2. The summed E-state index contributed by atoms with van der Waals surface area (Å²) in [5.41, 5.74) is 3.11. The van der Waals surface area contributed by atoms with Crippen molar-refractivity contribution in [1.29, 1.82) is 5.26 Å². The largest absolute Gasteiger partial charge is 0.321 e. The van der Waals surface area contributed by atoms with Crippen LogP contribution in [0.4, 0.5) is 11.4 Å². The first-order valence-corrected chi connectivity index (χ1v) is 11.5. The lowest BCUT2D eigenvalue weighted by atomic mass is 10.1. The molecule has 33 heavy (non-hydrogen) atoms. The number of thioether (sulfide) groups is 1. The number of nitriles is 1. The van der Waals surface area contributed by atoms with Gasteiger partial charge in [-0.1, -0.05) is 77.5 Å². The van der Waals surface area contributed by atoms with Crippen molar-refractivity contribution in [3.8, 4) is 6.07 Å². The molecule has 0 radical (unpaired) electrons. The Balaban J connectivity index is 1.71. The van der Waals surface area contributed by atoms with Gasteiger partial charge in [-0.2, -0.15) is 5.26 Å². The second-order valence-corrected chi connectivity index (χ2v) is 9.19. The molecule has 0 bridgehead atoms. The van der Waals surface area contributed by atoms with Gasteiger partial charge in [-0.25, -0.2) is 0 Å². The molecule has 0 spiro atoms. The second-order valence-electron chi connectivity index (χ2n) is 7.56. The third-order valence-corrected chi connectivity index (χ3v) is 6.64. The molecule has 7 heteroatoms. The Morgan fingerprint density at radius 3 is 2.48 bits per heavy atom. The predicted octanol–water partition coefficient (Wildman–Crippen LogP) is 5.71. The van der Waals surface area contributed by atoms with Crippen molar-refractivity contribution in [2.75, 3.05) is 10.2 Å². The van der Waals surface area contributed by atoms with Crippen molar-refractivity contribution in [2.24, 2.45) is 0 Å². The van der Waals surface area contributed by atoms with Gasteiger partial charge in [0.05, 0.1) is 5.25 Å². The smallest absolute Gasteiger partial charge is 0.269 e. The van der Waals surface area contributed by atoms with Gasteiger partial charge in [0.2, 0.25) is 5.91 Å². The lowest BCUT2D eigenvalue weighted by molar-refractivity contribution is -0.117. The van der Waals surface area contributed by atoms with Gasteiger partial charge in [0, 0.05) is 16.4 Å². The Morgan fingerprint density at radius 2 is 1.82 bits per heavy atom. The van der Waals surface area contributed by atoms with Crippen molar-refractivity contribution >= 4 is 46.6 Å². The summed E-state index contributed by atoms with van der Waals surface area (Å²) in [5, 5.41) is 13.0. The van der Waals surface area contributed by atoms with Crippen LogP contribution < -0.4 is 10.2 Å². The SMILES string of the molecule is Cc1ccc(CC2S/C(=C(/C#N)C(=O)Nc3cccc(Cl)c3)N(c3ccccc3)C2=O)cc1. The minimum atomic E-state index is -0.591. The van der Waals surface area contributed by atoms with Crippen LogP contribution in [-0.2, 0) is 16.0 Å². The maximum Gasteiger partial charge on any atom is 0.269 e. The maximum absolute atomic E-state index is 13.4. The molecule has 0 saturated carbocycles. The lowest BCUT2D eigenvalue weighted by Crippen LogP contribution is -2.30. The van der Waals surface area contributed by atoms with Crippen LogP contribution in [0.2, 0.25) is 5.02 Å². The van der Waals surface area contributed by atoms with Gasteiger partial charge in [-0.15, -0.1) is 0 Å². The molecule has 5 nitrogen and oxygen atoms in total. The number of hydrogen-bond donors (Lipinski definition) is 1. The van der Waals surface area contributed by atoms with E-state index in [1.54, 1.807) is 36.4 Å². The zero-order valence-electron chi connectivity index (χ0n) is 17.8. The van der Waals surface area contributed by atoms with E-state index in [-0.39, 0.29) is 11.5 Å². The fraction of sp³-hybridized carbons (Fsp3) is 0.115. The maximum atomic E-state index is 13.4. The van der Waals surface area contributed by atoms with Crippen molar-refractivity contribution in [1.82, 2.24) is 0 Å². The number of hydrogen-bond acceptors (Lipinski definition) is 4. The quantitative estimate of drug-likeness (QED) is 0.380. The second kappa shape index (κ2) is 9.95. The zero-order chi connectivity index (χ0) is 23.4. The molecule has 4 rings (SSSR count). The summed E-state index contributed by atoms with van der Waals surface area (Å²) in [5.74, 6) is -0.753. The number of benzene rings is 3. The van der Waals surface area contributed by atoms with Gasteiger partial charge < -0.3 is 5.32 Å². The fourth-order valence-corrected chi connectivity index (χ4v) is 5.00. The third-order valence-electron chi connectivity index (χ3n) is 5.14. The minimum Gasteiger partial charge on any atom is -0.321 e. The first kappa shape index (κ1) is 22.7. The summed E-state index contributed by atoms with van der Waals surface area (Å²) in [6.07, 6.45) is 0.491.